The molecule has 7 heteroatoms. The quantitative estimate of drug-likeness (QED) is 0.631. The summed E-state index contributed by atoms with van der Waals surface area (Å²) in [7, 11) is 0. The molecule has 5 nitrogen and oxygen atoms in total. The number of ketones is 1. The molecule has 1 saturated heterocycles. The van der Waals surface area contributed by atoms with Gasteiger partial charge in [-0.15, -0.1) is 0 Å². The number of hydrogen-bond acceptors (Lipinski definition) is 5. The number of anilines is 1. The van der Waals surface area contributed by atoms with Crippen molar-refractivity contribution in [3.63, 3.8) is 0 Å². The van der Waals surface area contributed by atoms with Crippen molar-refractivity contribution in [2.24, 2.45) is 0 Å². The van der Waals surface area contributed by atoms with E-state index in [1.165, 1.54) is 18.7 Å². The molecular formula is C16H18N2O3S2. The van der Waals surface area contributed by atoms with E-state index >= 15 is 0 Å². The first-order valence-corrected chi connectivity index (χ1v) is 8.60. The van der Waals surface area contributed by atoms with Gasteiger partial charge >= 0.3 is 0 Å². The Morgan fingerprint density at radius 1 is 1.30 bits per heavy atom. The molecule has 1 aromatic rings. The number of rotatable bonds is 6. The van der Waals surface area contributed by atoms with Crippen LogP contribution in [0.15, 0.2) is 24.3 Å². The second-order valence-corrected chi connectivity index (χ2v) is 7.28. The van der Waals surface area contributed by atoms with E-state index in [1.54, 1.807) is 29.2 Å². The van der Waals surface area contributed by atoms with Gasteiger partial charge in [-0.2, -0.15) is 0 Å². The molecule has 1 aliphatic heterocycles. The lowest BCUT2D eigenvalue weighted by Gasteiger charge is -2.14. The van der Waals surface area contributed by atoms with Crippen molar-refractivity contribution < 1.29 is 14.4 Å². The number of carbonyl (C=O) groups is 3. The molecule has 2 amide bonds. The number of thioether (sulfide) groups is 1. The Morgan fingerprint density at radius 3 is 2.48 bits per heavy atom. The third-order valence-electron chi connectivity index (χ3n) is 3.47. The average Bonchev–Trinajstić information content (AvgIpc) is 2.74. The van der Waals surface area contributed by atoms with Crippen molar-refractivity contribution >= 4 is 51.6 Å². The van der Waals surface area contributed by atoms with Gasteiger partial charge < -0.3 is 5.32 Å². The van der Waals surface area contributed by atoms with Crippen LogP contribution in [-0.4, -0.2) is 38.6 Å². The highest BCUT2D eigenvalue weighted by Crippen LogP contribution is 2.26. The van der Waals surface area contributed by atoms with E-state index in [4.69, 9.17) is 12.2 Å². The molecule has 1 heterocycles. The molecule has 1 atom stereocenters. The predicted molar refractivity (Wildman–Crippen MR) is 95.7 cm³/mol. The van der Waals surface area contributed by atoms with Crippen LogP contribution in [-0.2, 0) is 9.59 Å². The molecule has 122 valence electrons. The minimum atomic E-state index is -0.129. The third kappa shape index (κ3) is 4.62. The summed E-state index contributed by atoms with van der Waals surface area (Å²) < 4.78 is 0.586. The summed E-state index contributed by atoms with van der Waals surface area (Å²) in [6, 6.07) is 6.76. The van der Waals surface area contributed by atoms with Crippen LogP contribution in [0.4, 0.5) is 5.69 Å². The molecule has 2 rings (SSSR count). The summed E-state index contributed by atoms with van der Waals surface area (Å²) in [5.41, 5.74) is 1.26. The van der Waals surface area contributed by atoms with E-state index in [0.717, 1.165) is 0 Å². The third-order valence-corrected chi connectivity index (χ3v) is 4.96. The van der Waals surface area contributed by atoms with Crippen LogP contribution < -0.4 is 5.32 Å². The predicted octanol–water partition coefficient (Wildman–Crippen LogP) is 2.86. The average molecular weight is 350 g/mol. The van der Waals surface area contributed by atoms with Crippen molar-refractivity contribution in [1.29, 1.82) is 0 Å². The molecule has 0 bridgehead atoms. The Balaban J connectivity index is 1.78. The zero-order valence-corrected chi connectivity index (χ0v) is 14.6. The highest BCUT2D eigenvalue weighted by molar-refractivity contribution is 8.24. The monoisotopic (exact) mass is 350 g/mol. The van der Waals surface area contributed by atoms with Gasteiger partial charge in [-0.05, 0) is 44.5 Å². The van der Waals surface area contributed by atoms with Gasteiger partial charge in [-0.25, -0.2) is 0 Å². The molecule has 0 radical (unpaired) electrons. The first kappa shape index (κ1) is 17.6. The molecule has 0 aromatic heterocycles. The molecule has 1 aliphatic rings. The van der Waals surface area contributed by atoms with Gasteiger partial charge in [0.05, 0.1) is 5.25 Å². The van der Waals surface area contributed by atoms with E-state index < -0.39 is 0 Å². The Kier molecular flexibility index (Phi) is 5.90. The second-order valence-electron chi connectivity index (χ2n) is 5.30. The smallest absolute Gasteiger partial charge is 0.241 e. The number of Topliss-reactive ketones (excluding diaryl/α,β-unsaturated/α-hetero) is 1. The van der Waals surface area contributed by atoms with Crippen molar-refractivity contribution in [3.05, 3.63) is 29.8 Å². The van der Waals surface area contributed by atoms with Crippen LogP contribution >= 0.6 is 24.0 Å². The highest BCUT2D eigenvalue weighted by atomic mass is 32.2. The number of carbonyl (C=O) groups excluding carboxylic acids is 3. The fourth-order valence-electron chi connectivity index (χ4n) is 2.19. The minimum absolute atomic E-state index is 0.0128. The van der Waals surface area contributed by atoms with Crippen LogP contribution in [0.3, 0.4) is 0 Å². The van der Waals surface area contributed by atoms with Crippen molar-refractivity contribution in [2.45, 2.75) is 31.9 Å². The van der Waals surface area contributed by atoms with Crippen LogP contribution in [0, 0.1) is 0 Å². The number of benzene rings is 1. The van der Waals surface area contributed by atoms with Gasteiger partial charge in [0.15, 0.2) is 5.78 Å². The number of thiocarbonyl (C=S) groups is 1. The normalized spacial score (nSPS) is 17.5. The Hall–Kier alpha value is -1.73. The van der Waals surface area contributed by atoms with Crippen molar-refractivity contribution in [3.8, 4) is 0 Å². The first-order chi connectivity index (χ1) is 10.9. The van der Waals surface area contributed by atoms with Crippen molar-refractivity contribution in [2.75, 3.05) is 11.9 Å². The Morgan fingerprint density at radius 2 is 1.96 bits per heavy atom. The maximum Gasteiger partial charge on any atom is 0.241 e. The SMILES string of the molecule is CC(=O)c1ccc(NC(=O)CCCN2C(=O)C(C)SC2=S)cc1. The van der Waals surface area contributed by atoms with Gasteiger partial charge in [0.25, 0.3) is 0 Å². The van der Waals surface area contributed by atoms with Gasteiger partial charge in [-0.1, -0.05) is 24.0 Å². The lowest BCUT2D eigenvalue weighted by molar-refractivity contribution is -0.126. The number of nitrogens with one attached hydrogen (secondary N) is 1. The van der Waals surface area contributed by atoms with Crippen LogP contribution in [0.5, 0.6) is 0 Å². The molecule has 0 saturated carbocycles. The molecule has 1 aromatic carbocycles. The summed E-state index contributed by atoms with van der Waals surface area (Å²) in [5, 5.41) is 2.64. The first-order valence-electron chi connectivity index (χ1n) is 7.31. The standard InChI is InChI=1S/C16H18N2O3S2/c1-10(19)12-5-7-13(8-6-12)17-14(20)4-3-9-18-15(21)11(2)23-16(18)22/h5-8,11H,3-4,9H2,1-2H3,(H,17,20). The lowest BCUT2D eigenvalue weighted by atomic mass is 10.1. The lowest BCUT2D eigenvalue weighted by Crippen LogP contribution is -2.32. The summed E-state index contributed by atoms with van der Waals surface area (Å²) in [6.07, 6.45) is 0.858. The molecule has 0 spiro atoms. The molecular weight excluding hydrogens is 332 g/mol. The number of nitrogens with zero attached hydrogens (tertiary/aromatic N) is 1. The Bertz CT molecular complexity index is 643. The maximum absolute atomic E-state index is 11.9. The van der Waals surface area contributed by atoms with Gasteiger partial charge in [0.2, 0.25) is 11.8 Å². The van der Waals surface area contributed by atoms with E-state index in [9.17, 15) is 14.4 Å². The molecule has 0 aliphatic carbocycles. The molecule has 23 heavy (non-hydrogen) atoms. The zero-order valence-electron chi connectivity index (χ0n) is 13.0. The number of amides is 2. The fourth-order valence-corrected chi connectivity index (χ4v) is 3.64. The van der Waals surface area contributed by atoms with E-state index in [2.05, 4.69) is 5.32 Å². The zero-order chi connectivity index (χ0) is 17.0. The Labute approximate surface area is 144 Å². The van der Waals surface area contributed by atoms with Crippen LogP contribution in [0.1, 0.15) is 37.0 Å². The highest BCUT2D eigenvalue weighted by Gasteiger charge is 2.33. The largest absolute Gasteiger partial charge is 0.326 e. The fraction of sp³-hybridized carbons (Fsp3) is 0.375. The summed E-state index contributed by atoms with van der Waals surface area (Å²) in [5.74, 6) is -0.125. The summed E-state index contributed by atoms with van der Waals surface area (Å²) in [4.78, 5) is 36.5. The van der Waals surface area contributed by atoms with Crippen LogP contribution in [0.2, 0.25) is 0 Å². The summed E-state index contributed by atoms with van der Waals surface area (Å²) in [6.45, 7) is 3.79. The van der Waals surface area contributed by atoms with E-state index in [0.29, 0.717) is 35.0 Å². The molecule has 1 N–H and O–H groups in total. The minimum Gasteiger partial charge on any atom is -0.326 e. The van der Waals surface area contributed by atoms with Crippen molar-refractivity contribution in [1.82, 2.24) is 4.90 Å². The topological polar surface area (TPSA) is 66.5 Å². The van der Waals surface area contributed by atoms with Gasteiger partial charge in [0.1, 0.15) is 4.32 Å². The van der Waals surface area contributed by atoms with Crippen LogP contribution in [0.25, 0.3) is 0 Å². The van der Waals surface area contributed by atoms with Gasteiger partial charge in [-0.3, -0.25) is 19.3 Å². The molecule has 1 unspecified atom stereocenters. The molecule has 1 fully saturated rings. The van der Waals surface area contributed by atoms with E-state index in [1.807, 2.05) is 6.92 Å². The number of hydrogen-bond donors (Lipinski definition) is 1. The maximum atomic E-state index is 11.9. The summed E-state index contributed by atoms with van der Waals surface area (Å²) >= 11 is 6.53. The van der Waals surface area contributed by atoms with Gasteiger partial charge in [0, 0.05) is 24.2 Å². The van der Waals surface area contributed by atoms with E-state index in [-0.39, 0.29) is 22.8 Å². The second kappa shape index (κ2) is 7.70.